The van der Waals surface area contributed by atoms with E-state index >= 15 is 0 Å². The predicted octanol–water partition coefficient (Wildman–Crippen LogP) is 2.26. The quantitative estimate of drug-likeness (QED) is 0.553. The van der Waals surface area contributed by atoms with Gasteiger partial charge in [0.1, 0.15) is 5.75 Å². The number of rotatable bonds is 1. The zero-order valence-corrected chi connectivity index (χ0v) is 8.14. The van der Waals surface area contributed by atoms with Crippen molar-refractivity contribution in [3.63, 3.8) is 0 Å². The molecule has 0 amide bonds. The van der Waals surface area contributed by atoms with Crippen LogP contribution in [0.3, 0.4) is 0 Å². The van der Waals surface area contributed by atoms with Crippen molar-refractivity contribution in [3.05, 3.63) is 23.1 Å². The minimum absolute atomic E-state index is 0.217. The van der Waals surface area contributed by atoms with Crippen LogP contribution < -0.4 is 5.73 Å². The van der Waals surface area contributed by atoms with Crippen LogP contribution in [0.4, 0.5) is 5.69 Å². The highest BCUT2D eigenvalue weighted by Crippen LogP contribution is 2.36. The molecule has 2 aromatic rings. The topological polar surface area (TPSA) is 70.0 Å². The van der Waals surface area contributed by atoms with Crippen molar-refractivity contribution in [1.82, 2.24) is 0 Å². The molecule has 0 unspecified atom stereocenters. The number of phenolic OH excluding ortho intramolecular Hbond substituents is 1. The van der Waals surface area contributed by atoms with E-state index in [9.17, 15) is 5.11 Å². The van der Waals surface area contributed by atoms with E-state index in [4.69, 9.17) is 11.0 Å². The van der Waals surface area contributed by atoms with Gasteiger partial charge in [-0.05, 0) is 18.2 Å². The molecule has 0 saturated heterocycles. The minimum atomic E-state index is 0.217. The standard InChI is InChI=1S/C10H8N2OS/c11-4-3-6-5-7-9(13)2-1-8(12)10(7)14-6/h1-2,5,13H,3,12H2. The molecule has 3 nitrogen and oxygen atoms in total. The highest BCUT2D eigenvalue weighted by atomic mass is 32.1. The normalized spacial score (nSPS) is 10.2. The number of hydrogen-bond acceptors (Lipinski definition) is 4. The minimum Gasteiger partial charge on any atom is -0.507 e. The van der Waals surface area contributed by atoms with Gasteiger partial charge in [-0.15, -0.1) is 11.3 Å². The number of nitrogen functional groups attached to an aromatic ring is 1. The summed E-state index contributed by atoms with van der Waals surface area (Å²) < 4.78 is 0.857. The van der Waals surface area contributed by atoms with Crippen LogP contribution in [-0.2, 0) is 6.42 Å². The first-order chi connectivity index (χ1) is 6.72. The van der Waals surface area contributed by atoms with Crippen molar-refractivity contribution >= 4 is 27.1 Å². The van der Waals surface area contributed by atoms with Crippen molar-refractivity contribution in [2.75, 3.05) is 5.73 Å². The number of nitrogens with two attached hydrogens (primary N) is 1. The molecule has 70 valence electrons. The van der Waals surface area contributed by atoms with Crippen molar-refractivity contribution in [1.29, 1.82) is 5.26 Å². The molecule has 1 aromatic heterocycles. The predicted molar refractivity (Wildman–Crippen MR) is 57.2 cm³/mol. The number of hydrogen-bond donors (Lipinski definition) is 2. The Balaban J connectivity index is 2.70. The fraction of sp³-hybridized carbons (Fsp3) is 0.100. The highest BCUT2D eigenvalue weighted by molar-refractivity contribution is 7.19. The second kappa shape index (κ2) is 3.20. The summed E-state index contributed by atoms with van der Waals surface area (Å²) in [5.41, 5.74) is 6.40. The summed E-state index contributed by atoms with van der Waals surface area (Å²) in [6, 6.07) is 7.13. The first-order valence-corrected chi connectivity index (χ1v) is 4.91. The molecule has 1 aromatic carbocycles. The van der Waals surface area contributed by atoms with Crippen molar-refractivity contribution in [2.45, 2.75) is 6.42 Å². The summed E-state index contributed by atoms with van der Waals surface area (Å²) in [7, 11) is 0. The number of phenols is 1. The van der Waals surface area contributed by atoms with Gasteiger partial charge in [0, 0.05) is 16.0 Å². The Labute approximate surface area is 85.0 Å². The summed E-state index contributed by atoms with van der Waals surface area (Å²) in [5, 5.41) is 18.8. The van der Waals surface area contributed by atoms with Gasteiger partial charge in [-0.25, -0.2) is 0 Å². The first-order valence-electron chi connectivity index (χ1n) is 4.09. The summed E-state index contributed by atoms with van der Waals surface area (Å²) in [4.78, 5) is 0.927. The van der Waals surface area contributed by atoms with E-state index in [0.717, 1.165) is 15.0 Å². The van der Waals surface area contributed by atoms with Crippen molar-refractivity contribution < 1.29 is 5.11 Å². The lowest BCUT2D eigenvalue weighted by Gasteiger charge is -1.96. The molecule has 2 rings (SSSR count). The fourth-order valence-electron chi connectivity index (χ4n) is 1.35. The van der Waals surface area contributed by atoms with Gasteiger partial charge in [0.05, 0.1) is 17.2 Å². The molecular formula is C10H8N2OS. The number of benzene rings is 1. The Kier molecular flexibility index (Phi) is 2.02. The van der Waals surface area contributed by atoms with Crippen LogP contribution in [0.2, 0.25) is 0 Å². The number of anilines is 1. The summed E-state index contributed by atoms with van der Waals surface area (Å²) in [5.74, 6) is 0.217. The highest BCUT2D eigenvalue weighted by Gasteiger charge is 2.07. The van der Waals surface area contributed by atoms with Gasteiger partial charge in [-0.3, -0.25) is 0 Å². The van der Waals surface area contributed by atoms with Gasteiger partial charge in [-0.1, -0.05) is 0 Å². The number of nitrogens with zero attached hydrogens (tertiary/aromatic N) is 1. The maximum absolute atomic E-state index is 9.55. The molecule has 14 heavy (non-hydrogen) atoms. The monoisotopic (exact) mass is 204 g/mol. The Hall–Kier alpha value is -1.73. The molecule has 0 aliphatic rings. The van der Waals surface area contributed by atoms with E-state index in [1.165, 1.54) is 11.3 Å². The first kappa shape index (κ1) is 8.85. The summed E-state index contributed by atoms with van der Waals surface area (Å²) in [6.45, 7) is 0. The zero-order valence-electron chi connectivity index (χ0n) is 7.32. The maximum atomic E-state index is 9.55. The van der Waals surface area contributed by atoms with Crippen LogP contribution in [0, 0.1) is 11.3 Å². The van der Waals surface area contributed by atoms with E-state index in [0.29, 0.717) is 12.1 Å². The Bertz CT molecular complexity index is 486. The average molecular weight is 204 g/mol. The Morgan fingerprint density at radius 1 is 1.50 bits per heavy atom. The van der Waals surface area contributed by atoms with Crippen LogP contribution in [-0.4, -0.2) is 5.11 Å². The SMILES string of the molecule is N#CCc1cc2c(O)ccc(N)c2s1. The average Bonchev–Trinajstić information content (AvgIpc) is 2.57. The Morgan fingerprint density at radius 2 is 2.29 bits per heavy atom. The van der Waals surface area contributed by atoms with Crippen molar-refractivity contribution in [3.8, 4) is 11.8 Å². The molecule has 0 saturated carbocycles. The third-order valence-electron chi connectivity index (χ3n) is 2.00. The van der Waals surface area contributed by atoms with Gasteiger partial charge >= 0.3 is 0 Å². The molecule has 0 radical (unpaired) electrons. The Morgan fingerprint density at radius 3 is 2.93 bits per heavy atom. The molecule has 0 spiro atoms. The van der Waals surface area contributed by atoms with Crippen LogP contribution >= 0.6 is 11.3 Å². The van der Waals surface area contributed by atoms with Crippen LogP contribution in [0.15, 0.2) is 18.2 Å². The molecule has 0 atom stereocenters. The number of fused-ring (bicyclic) bond motifs is 1. The molecule has 4 heteroatoms. The maximum Gasteiger partial charge on any atom is 0.124 e. The second-order valence-electron chi connectivity index (χ2n) is 2.96. The fourth-order valence-corrected chi connectivity index (χ4v) is 2.38. The molecule has 1 heterocycles. The molecule has 0 aliphatic heterocycles. The largest absolute Gasteiger partial charge is 0.507 e. The molecule has 0 aliphatic carbocycles. The number of nitriles is 1. The van der Waals surface area contributed by atoms with E-state index in [-0.39, 0.29) is 5.75 Å². The van der Waals surface area contributed by atoms with E-state index in [2.05, 4.69) is 6.07 Å². The third-order valence-corrected chi connectivity index (χ3v) is 3.18. The third kappa shape index (κ3) is 1.28. The lowest BCUT2D eigenvalue weighted by Crippen LogP contribution is -1.82. The molecule has 0 bridgehead atoms. The molecule has 3 N–H and O–H groups in total. The number of aromatic hydroxyl groups is 1. The summed E-state index contributed by atoms with van der Waals surface area (Å²) in [6.07, 6.45) is 0.359. The van der Waals surface area contributed by atoms with Gasteiger partial charge in [0.2, 0.25) is 0 Å². The molecule has 0 fully saturated rings. The van der Waals surface area contributed by atoms with Gasteiger partial charge in [-0.2, -0.15) is 5.26 Å². The van der Waals surface area contributed by atoms with E-state index < -0.39 is 0 Å². The van der Waals surface area contributed by atoms with E-state index in [1.54, 1.807) is 12.1 Å². The van der Waals surface area contributed by atoms with Crippen molar-refractivity contribution in [2.24, 2.45) is 0 Å². The molecular weight excluding hydrogens is 196 g/mol. The van der Waals surface area contributed by atoms with E-state index in [1.807, 2.05) is 6.07 Å². The smallest absolute Gasteiger partial charge is 0.124 e. The van der Waals surface area contributed by atoms with Crippen LogP contribution in [0.25, 0.3) is 10.1 Å². The van der Waals surface area contributed by atoms with Crippen LogP contribution in [0.5, 0.6) is 5.75 Å². The summed E-state index contributed by atoms with van der Waals surface area (Å²) >= 11 is 1.46. The van der Waals surface area contributed by atoms with Gasteiger partial charge < -0.3 is 10.8 Å². The second-order valence-corrected chi connectivity index (χ2v) is 4.10. The lowest BCUT2D eigenvalue weighted by atomic mass is 10.2. The van der Waals surface area contributed by atoms with Crippen LogP contribution in [0.1, 0.15) is 4.88 Å². The number of thiophene rings is 1. The zero-order chi connectivity index (χ0) is 10.1. The van der Waals surface area contributed by atoms with Gasteiger partial charge in [0.25, 0.3) is 0 Å². The van der Waals surface area contributed by atoms with Gasteiger partial charge in [0.15, 0.2) is 0 Å². The lowest BCUT2D eigenvalue weighted by molar-refractivity contribution is 0.482.